The molecule has 2 aromatic heterocycles. The van der Waals surface area contributed by atoms with Crippen molar-refractivity contribution in [3.8, 4) is 6.07 Å². The molecule has 0 aliphatic heterocycles. The van der Waals surface area contributed by atoms with Gasteiger partial charge in [0.25, 0.3) is 6.43 Å². The van der Waals surface area contributed by atoms with E-state index in [1.54, 1.807) is 12.1 Å². The van der Waals surface area contributed by atoms with E-state index in [1.807, 2.05) is 37.3 Å². The topological polar surface area (TPSA) is 91.5 Å². The lowest BCUT2D eigenvalue weighted by Crippen LogP contribution is -2.26. The fourth-order valence-corrected chi connectivity index (χ4v) is 5.44. The highest BCUT2D eigenvalue weighted by Crippen LogP contribution is 2.48. The Morgan fingerprint density at radius 2 is 1.84 bits per heavy atom. The summed E-state index contributed by atoms with van der Waals surface area (Å²) < 4.78 is 52.3. The van der Waals surface area contributed by atoms with Crippen molar-refractivity contribution >= 4 is 33.9 Å². The van der Waals surface area contributed by atoms with E-state index >= 15 is 0 Å². The first kappa shape index (κ1) is 27.2. The van der Waals surface area contributed by atoms with Crippen molar-refractivity contribution < 1.29 is 14.5 Å². The van der Waals surface area contributed by atoms with E-state index in [-0.39, 0.29) is 29.6 Å². The minimum Gasteiger partial charge on any atom is -0.377 e. The largest absolute Gasteiger partial charge is 0.377 e. The highest BCUT2D eigenvalue weighted by atomic mass is 35.5. The number of fused-ring (bicyclic) bond motifs is 1. The number of benzene rings is 3. The number of anilines is 2. The Kier molecular flexibility index (Phi) is 7.33. The van der Waals surface area contributed by atoms with Gasteiger partial charge in [0.05, 0.1) is 41.4 Å². The van der Waals surface area contributed by atoms with Crippen LogP contribution in [0.15, 0.2) is 79.1 Å². The lowest BCUT2D eigenvalue weighted by atomic mass is 10.0. The molecule has 43 heavy (non-hydrogen) atoms. The summed E-state index contributed by atoms with van der Waals surface area (Å²) in [5, 5.41) is 25.5. The average molecular weight is 603 g/mol. The fourth-order valence-electron chi connectivity index (χ4n) is 5.17. The first-order chi connectivity index (χ1) is 21.2. The lowest BCUT2D eigenvalue weighted by Gasteiger charge is -2.22. The molecule has 6 rings (SSSR count). The summed E-state index contributed by atoms with van der Waals surface area (Å²) in [5.74, 6) is -0.502. The molecule has 3 aromatic carbocycles. The summed E-state index contributed by atoms with van der Waals surface area (Å²) in [7, 11) is 0. The molecule has 2 atom stereocenters. The summed E-state index contributed by atoms with van der Waals surface area (Å²) >= 11 is 6.73. The molecule has 1 aliphatic rings. The molecule has 2 heterocycles. The van der Waals surface area contributed by atoms with Gasteiger partial charge in [0.2, 0.25) is 0 Å². The van der Waals surface area contributed by atoms with Gasteiger partial charge >= 0.3 is 0 Å². The smallest absolute Gasteiger partial charge is 0.263 e. The Morgan fingerprint density at radius 3 is 2.49 bits per heavy atom. The van der Waals surface area contributed by atoms with Gasteiger partial charge in [-0.1, -0.05) is 66.2 Å². The maximum atomic E-state index is 13.9. The molecule has 2 N–H and O–H groups in total. The number of hydrogen-bond acceptors (Lipinski definition) is 6. The quantitative estimate of drug-likeness (QED) is 0.168. The van der Waals surface area contributed by atoms with Crippen molar-refractivity contribution in [2.24, 2.45) is 0 Å². The second kappa shape index (κ2) is 11.6. The number of rotatable bonds is 10. The van der Waals surface area contributed by atoms with Gasteiger partial charge < -0.3 is 10.6 Å². The average Bonchev–Trinajstić information content (AvgIpc) is 3.69. The van der Waals surface area contributed by atoms with Crippen LogP contribution < -0.4 is 10.6 Å². The minimum absolute atomic E-state index is 0.0321. The van der Waals surface area contributed by atoms with Gasteiger partial charge in [0.15, 0.2) is 0 Å². The molecule has 11 heteroatoms. The van der Waals surface area contributed by atoms with E-state index in [0.717, 1.165) is 16.7 Å². The van der Waals surface area contributed by atoms with Crippen LogP contribution in [-0.4, -0.2) is 26.4 Å². The Balaban J connectivity index is 1.46. The number of halogens is 4. The lowest BCUT2D eigenvalue weighted by molar-refractivity contribution is 0.0593. The van der Waals surface area contributed by atoms with Crippen molar-refractivity contribution in [2.75, 3.05) is 10.6 Å². The van der Waals surface area contributed by atoms with Crippen molar-refractivity contribution in [1.82, 2.24) is 20.0 Å². The first-order valence-electron chi connectivity index (χ1n) is 14.3. The van der Waals surface area contributed by atoms with Gasteiger partial charge in [-0.25, -0.2) is 17.9 Å². The third-order valence-electron chi connectivity index (χ3n) is 7.75. The third-order valence-corrected chi connectivity index (χ3v) is 8.04. The molecule has 0 bridgehead atoms. The second-order valence-corrected chi connectivity index (χ2v) is 10.9. The first-order valence-corrected chi connectivity index (χ1v) is 14.2. The predicted molar refractivity (Wildman–Crippen MR) is 160 cm³/mol. The Bertz CT molecular complexity index is 1860. The number of pyridine rings is 1. The number of nitrogens with one attached hydrogen (secondary N) is 2. The van der Waals surface area contributed by atoms with Gasteiger partial charge in [0.1, 0.15) is 23.1 Å². The SMILES string of the molecule is [2H]C(Nc1cc(Cl)c2ncc(C#N)c(NC(CC)c3ccccc3)c2c1)(c1ccc(F)cc1)c1cn(C2(C(F)F)CC2)nn1. The van der Waals surface area contributed by atoms with Crippen LogP contribution in [0.3, 0.4) is 0 Å². The standard InChI is InChI=1S/C32H27ClF3N7/c1-2-26(19-6-4-3-5-7-19)40-28-21(16-37)17-38-30-24(28)14-23(15-25(30)33)39-29(20-8-10-22(34)11-9-20)27-18-43(42-41-27)32(12-13-32)31(35)36/h3-11,14-15,17-18,26,29,31,39H,2,12-13H2,1H3,(H,38,40)/i29D. The Hall–Kier alpha value is -4.62. The third kappa shape index (κ3) is 5.48. The van der Waals surface area contributed by atoms with Crippen LogP contribution in [0.2, 0.25) is 5.02 Å². The molecule has 0 saturated heterocycles. The maximum absolute atomic E-state index is 13.9. The normalized spacial score (nSPS) is 16.3. The minimum atomic E-state index is -2.65. The number of aromatic nitrogens is 4. The number of nitrogens with zero attached hydrogens (tertiary/aromatic N) is 5. The van der Waals surface area contributed by atoms with E-state index in [0.29, 0.717) is 33.4 Å². The van der Waals surface area contributed by atoms with Gasteiger partial charge in [-0.3, -0.25) is 4.98 Å². The number of nitriles is 1. The van der Waals surface area contributed by atoms with Crippen LogP contribution in [0.4, 0.5) is 24.5 Å². The summed E-state index contributed by atoms with van der Waals surface area (Å²) in [6.07, 6.45) is 1.36. The van der Waals surface area contributed by atoms with Crippen LogP contribution in [0.25, 0.3) is 10.9 Å². The Labute approximate surface area is 252 Å². The van der Waals surface area contributed by atoms with Gasteiger partial charge in [-0.05, 0) is 54.7 Å². The molecular formula is C32H27ClF3N7. The molecule has 7 nitrogen and oxygen atoms in total. The van der Waals surface area contributed by atoms with Crippen molar-refractivity contribution in [3.63, 3.8) is 0 Å². The van der Waals surface area contributed by atoms with E-state index in [2.05, 4.69) is 32.0 Å². The van der Waals surface area contributed by atoms with Gasteiger partial charge in [0, 0.05) is 17.3 Å². The summed E-state index contributed by atoms with van der Waals surface area (Å²) in [5.41, 5.74) is 1.54. The predicted octanol–water partition coefficient (Wildman–Crippen LogP) is 8.01. The molecule has 5 aromatic rings. The summed E-state index contributed by atoms with van der Waals surface area (Å²) in [6, 6.07) is 18.6. The summed E-state index contributed by atoms with van der Waals surface area (Å²) in [4.78, 5) is 4.43. The van der Waals surface area contributed by atoms with E-state index in [9.17, 15) is 19.8 Å². The molecule has 0 amide bonds. The second-order valence-electron chi connectivity index (χ2n) is 10.5. The monoisotopic (exact) mass is 602 g/mol. The van der Waals surface area contributed by atoms with Crippen LogP contribution >= 0.6 is 11.6 Å². The molecule has 1 saturated carbocycles. The fraction of sp³-hybridized carbons (Fsp3) is 0.250. The van der Waals surface area contributed by atoms with Gasteiger partial charge in [-0.2, -0.15) is 5.26 Å². The van der Waals surface area contributed by atoms with E-state index in [1.165, 1.54) is 36.7 Å². The maximum Gasteiger partial charge on any atom is 0.263 e. The van der Waals surface area contributed by atoms with Crippen molar-refractivity contribution in [3.05, 3.63) is 112 Å². The van der Waals surface area contributed by atoms with Crippen LogP contribution in [-0.2, 0) is 5.54 Å². The molecular weight excluding hydrogens is 575 g/mol. The van der Waals surface area contributed by atoms with Crippen LogP contribution in [0.5, 0.6) is 0 Å². The zero-order chi connectivity index (χ0) is 31.1. The van der Waals surface area contributed by atoms with Crippen LogP contribution in [0.1, 0.15) is 62.0 Å². The molecule has 0 radical (unpaired) electrons. The summed E-state index contributed by atoms with van der Waals surface area (Å²) in [6.45, 7) is 2.03. The van der Waals surface area contributed by atoms with E-state index in [4.69, 9.17) is 11.6 Å². The highest BCUT2D eigenvalue weighted by Gasteiger charge is 2.54. The van der Waals surface area contributed by atoms with E-state index < -0.39 is 23.8 Å². The number of alkyl halides is 2. The molecule has 218 valence electrons. The van der Waals surface area contributed by atoms with Crippen LogP contribution in [0, 0.1) is 17.1 Å². The zero-order valence-electron chi connectivity index (χ0n) is 24.0. The van der Waals surface area contributed by atoms with Gasteiger partial charge in [-0.15, -0.1) is 5.10 Å². The Morgan fingerprint density at radius 1 is 1.09 bits per heavy atom. The van der Waals surface area contributed by atoms with Crippen molar-refractivity contribution in [2.45, 2.75) is 50.2 Å². The highest BCUT2D eigenvalue weighted by molar-refractivity contribution is 6.35. The molecule has 0 spiro atoms. The van der Waals surface area contributed by atoms with Crippen molar-refractivity contribution in [1.29, 1.82) is 5.26 Å². The zero-order valence-corrected chi connectivity index (χ0v) is 23.8. The number of hydrogen-bond donors (Lipinski definition) is 2. The molecule has 2 unspecified atom stereocenters. The molecule has 1 aliphatic carbocycles. The molecule has 1 fully saturated rings.